The lowest BCUT2D eigenvalue weighted by Crippen LogP contribution is -2.29. The zero-order valence-electron chi connectivity index (χ0n) is 20.7. The van der Waals surface area contributed by atoms with Crippen LogP contribution in [0.15, 0.2) is 0 Å². The summed E-state index contributed by atoms with van der Waals surface area (Å²) in [6.07, 6.45) is 4.74. The van der Waals surface area contributed by atoms with E-state index in [9.17, 15) is 14.2 Å². The fourth-order valence-corrected chi connectivity index (χ4v) is 2.61. The molecule has 0 heterocycles. The number of rotatable bonds is 13. The Morgan fingerprint density at radius 3 is 1.81 bits per heavy atom. The second-order valence-corrected chi connectivity index (χ2v) is 8.13. The largest absolute Gasteiger partial charge is 0.469 e. The molecule has 1 atom stereocenters. The van der Waals surface area contributed by atoms with Gasteiger partial charge in [0, 0.05) is 12.3 Å². The van der Waals surface area contributed by atoms with Crippen molar-refractivity contribution < 1.29 is 37.9 Å². The number of hydrogen-bond acceptors (Lipinski definition) is 6. The fourth-order valence-electron chi connectivity index (χ4n) is 2.25. The van der Waals surface area contributed by atoms with Gasteiger partial charge < -0.3 is 19.3 Å². The quantitative estimate of drug-likeness (QED) is 0.124. The summed E-state index contributed by atoms with van der Waals surface area (Å²) in [5.74, 6) is 32.1. The first-order chi connectivity index (χ1) is 17.8. The van der Waals surface area contributed by atoms with Crippen LogP contribution in [0.5, 0.6) is 0 Å². The molecule has 0 aromatic rings. The third-order valence-electron chi connectivity index (χ3n) is 3.84. The van der Waals surface area contributed by atoms with Crippen LogP contribution in [-0.2, 0) is 28.2 Å². The third-order valence-corrected chi connectivity index (χ3v) is 4.32. The number of unbranched alkanes of at least 4 members (excludes halogenated alkanes) is 5. The third kappa shape index (κ3) is 24.9. The lowest BCUT2D eigenvalue weighted by molar-refractivity contribution is -0.158. The van der Waals surface area contributed by atoms with Crippen molar-refractivity contribution in [2.45, 2.75) is 64.9 Å². The van der Waals surface area contributed by atoms with E-state index in [0.717, 1.165) is 32.1 Å². The van der Waals surface area contributed by atoms with E-state index in [1.165, 1.54) is 0 Å². The lowest BCUT2D eigenvalue weighted by Gasteiger charge is -2.17. The molecular weight excluding hydrogens is 495 g/mol. The number of carbonyl (C=O) groups is 2. The molecule has 0 amide bonds. The fraction of sp³-hybridized carbons (Fsp3) is 0.429. The smallest absolute Gasteiger partial charge is 0.456 e. The number of carbonyl (C=O) groups excluding carboxylic acids is 2. The van der Waals surface area contributed by atoms with E-state index in [2.05, 4.69) is 94.3 Å². The lowest BCUT2D eigenvalue weighted by atomic mass is 10.1. The Balaban J connectivity index is 4.68. The van der Waals surface area contributed by atoms with Gasteiger partial charge in [0.15, 0.2) is 6.10 Å². The van der Waals surface area contributed by atoms with Gasteiger partial charge in [0.2, 0.25) is 0 Å². The molecule has 9 heteroatoms. The Morgan fingerprint density at radius 2 is 1.27 bits per heavy atom. The van der Waals surface area contributed by atoms with Gasteiger partial charge in [0.05, 0.1) is 6.61 Å². The number of ether oxygens (including phenoxy) is 2. The van der Waals surface area contributed by atoms with Gasteiger partial charge in [0.1, 0.15) is 6.61 Å². The second-order valence-electron chi connectivity index (χ2n) is 6.89. The van der Waals surface area contributed by atoms with Crippen molar-refractivity contribution in [1.82, 2.24) is 0 Å². The summed E-state index contributed by atoms with van der Waals surface area (Å²) in [5, 5.41) is 0. The van der Waals surface area contributed by atoms with E-state index in [-0.39, 0.29) is 6.42 Å². The van der Waals surface area contributed by atoms with Crippen LogP contribution < -0.4 is 0 Å². The minimum Gasteiger partial charge on any atom is -0.456 e. The Kier molecular flexibility index (Phi) is 20.0. The van der Waals surface area contributed by atoms with E-state index < -0.39 is 39.1 Å². The molecule has 0 aromatic carbocycles. The Bertz CT molecular complexity index is 1240. The van der Waals surface area contributed by atoms with E-state index in [0.29, 0.717) is 6.42 Å². The first-order valence-electron chi connectivity index (χ1n) is 11.3. The number of esters is 2. The van der Waals surface area contributed by atoms with E-state index in [4.69, 9.17) is 19.3 Å². The van der Waals surface area contributed by atoms with Gasteiger partial charge in [-0.25, -0.2) is 9.36 Å². The Morgan fingerprint density at radius 1 is 0.757 bits per heavy atom. The molecule has 0 aliphatic carbocycles. The monoisotopic (exact) mass is 522 g/mol. The minimum atomic E-state index is -4.81. The standard InChI is InChI=1S/C28H27O8P/c1-3-5-7-9-11-12-13-14-15-16-17-19-20-22-27(29)34-24-26(25-35-37(31,32)33)36-28(30)23-21-18-10-8-6-4-2/h26H,4,6,8,10,18,21,23-25H2,1-2H3,(H2,31,32,33)/t26-/m1/s1. The molecule has 0 spiro atoms. The number of phosphoric acid groups is 1. The molecule has 0 aromatic heterocycles. The molecule has 8 nitrogen and oxygen atoms in total. The van der Waals surface area contributed by atoms with Crippen LogP contribution >= 0.6 is 7.82 Å². The zero-order chi connectivity index (χ0) is 27.6. The highest BCUT2D eigenvalue weighted by Crippen LogP contribution is 2.35. The molecule has 0 radical (unpaired) electrons. The van der Waals surface area contributed by atoms with Gasteiger partial charge in [-0.1, -0.05) is 44.9 Å². The van der Waals surface area contributed by atoms with Crippen LogP contribution in [0.3, 0.4) is 0 Å². The van der Waals surface area contributed by atoms with Crippen LogP contribution in [0.4, 0.5) is 0 Å². The summed E-state index contributed by atoms with van der Waals surface area (Å²) in [6.45, 7) is 2.60. The maximum atomic E-state index is 12.0. The average Bonchev–Trinajstić information content (AvgIpc) is 2.85. The maximum Gasteiger partial charge on any atom is 0.469 e. The molecule has 37 heavy (non-hydrogen) atoms. The zero-order valence-corrected chi connectivity index (χ0v) is 21.6. The predicted octanol–water partition coefficient (Wildman–Crippen LogP) is 2.34. The molecule has 0 unspecified atom stereocenters. The van der Waals surface area contributed by atoms with Gasteiger partial charge in [-0.05, 0) is 84.4 Å². The predicted molar refractivity (Wildman–Crippen MR) is 137 cm³/mol. The second kappa shape index (κ2) is 22.4. The average molecular weight is 522 g/mol. The van der Waals surface area contributed by atoms with Gasteiger partial charge in [-0.15, -0.1) is 0 Å². The van der Waals surface area contributed by atoms with Gasteiger partial charge in [-0.3, -0.25) is 9.32 Å². The van der Waals surface area contributed by atoms with Crippen molar-refractivity contribution in [3.8, 4) is 82.9 Å². The van der Waals surface area contributed by atoms with Crippen LogP contribution in [0.1, 0.15) is 58.8 Å². The molecule has 0 fully saturated rings. The summed E-state index contributed by atoms with van der Waals surface area (Å²) in [7, 11) is -4.81. The van der Waals surface area contributed by atoms with Crippen molar-refractivity contribution in [3.63, 3.8) is 0 Å². The molecule has 0 bridgehead atoms. The van der Waals surface area contributed by atoms with Crippen LogP contribution in [0, 0.1) is 82.9 Å². The highest BCUT2D eigenvalue weighted by Gasteiger charge is 2.22. The molecular formula is C28H27O8P. The summed E-state index contributed by atoms with van der Waals surface area (Å²) in [6, 6.07) is 0. The summed E-state index contributed by atoms with van der Waals surface area (Å²) in [4.78, 5) is 41.5. The van der Waals surface area contributed by atoms with Crippen molar-refractivity contribution >= 4 is 19.8 Å². The molecule has 2 N–H and O–H groups in total. The molecule has 0 saturated heterocycles. The van der Waals surface area contributed by atoms with E-state index in [1.54, 1.807) is 6.92 Å². The van der Waals surface area contributed by atoms with E-state index >= 15 is 0 Å². The molecule has 0 saturated carbocycles. The Labute approximate surface area is 218 Å². The van der Waals surface area contributed by atoms with Crippen LogP contribution in [-0.4, -0.2) is 41.0 Å². The summed E-state index contributed by atoms with van der Waals surface area (Å²) >= 11 is 0. The van der Waals surface area contributed by atoms with Gasteiger partial charge in [0.25, 0.3) is 0 Å². The summed E-state index contributed by atoms with van der Waals surface area (Å²) in [5.41, 5.74) is 0. The molecule has 0 aliphatic rings. The highest BCUT2D eigenvalue weighted by molar-refractivity contribution is 7.46. The first kappa shape index (κ1) is 33.0. The van der Waals surface area contributed by atoms with Gasteiger partial charge in [-0.2, -0.15) is 0 Å². The van der Waals surface area contributed by atoms with Gasteiger partial charge >= 0.3 is 19.8 Å². The normalized spacial score (nSPS) is 9.41. The van der Waals surface area contributed by atoms with Crippen molar-refractivity contribution in [1.29, 1.82) is 0 Å². The summed E-state index contributed by atoms with van der Waals surface area (Å²) < 4.78 is 25.3. The van der Waals surface area contributed by atoms with Crippen LogP contribution in [0.2, 0.25) is 0 Å². The molecule has 192 valence electrons. The minimum absolute atomic E-state index is 0.127. The Hall–Kier alpha value is -4.03. The first-order valence-corrected chi connectivity index (χ1v) is 12.8. The van der Waals surface area contributed by atoms with Crippen molar-refractivity contribution in [3.05, 3.63) is 0 Å². The highest BCUT2D eigenvalue weighted by atomic mass is 31.2. The number of phosphoric ester groups is 1. The number of hydrogen-bond donors (Lipinski definition) is 2. The van der Waals surface area contributed by atoms with Crippen molar-refractivity contribution in [2.24, 2.45) is 0 Å². The maximum absolute atomic E-state index is 12.0. The van der Waals surface area contributed by atoms with E-state index in [1.807, 2.05) is 0 Å². The van der Waals surface area contributed by atoms with Crippen LogP contribution in [0.25, 0.3) is 0 Å². The topological polar surface area (TPSA) is 119 Å². The molecule has 0 aliphatic heterocycles. The van der Waals surface area contributed by atoms with Crippen molar-refractivity contribution in [2.75, 3.05) is 13.2 Å². The molecule has 0 rings (SSSR count). The SMILES string of the molecule is CC#CC#CC#CC#CC#CC#CC#CC(=O)OC[C@H](COP(=O)(O)O)OC(=O)CCCCCCCC.